The van der Waals surface area contributed by atoms with Crippen LogP contribution in [0.1, 0.15) is 69.1 Å². The van der Waals surface area contributed by atoms with Gasteiger partial charge >= 0.3 is 18.0 Å². The second-order valence-electron chi connectivity index (χ2n) is 7.25. The van der Waals surface area contributed by atoms with Crippen LogP contribution in [0.4, 0.5) is 4.79 Å². The molecule has 0 radical (unpaired) electrons. The quantitative estimate of drug-likeness (QED) is 0.405. The number of nitrogens with zero attached hydrogens (tertiary/aromatic N) is 1. The molecule has 0 bridgehead atoms. The zero-order valence-electron chi connectivity index (χ0n) is 16.7. The Morgan fingerprint density at radius 1 is 1.26 bits per heavy atom. The lowest BCUT2D eigenvalue weighted by Crippen LogP contribution is -2.33. The Bertz CT molecular complexity index is 651. The Morgan fingerprint density at radius 3 is 2.48 bits per heavy atom. The molecule has 0 saturated heterocycles. The van der Waals surface area contributed by atoms with Crippen LogP contribution < -0.4 is 5.32 Å². The van der Waals surface area contributed by atoms with Gasteiger partial charge in [-0.25, -0.2) is 14.6 Å². The van der Waals surface area contributed by atoms with Crippen LogP contribution in [0.15, 0.2) is 5.38 Å². The molecule has 0 aliphatic heterocycles. The highest BCUT2D eigenvalue weighted by Gasteiger charge is 2.25. The van der Waals surface area contributed by atoms with Crippen molar-refractivity contribution >= 4 is 29.4 Å². The Balaban J connectivity index is 2.49. The van der Waals surface area contributed by atoms with Crippen LogP contribution in [0.5, 0.6) is 0 Å². The fourth-order valence-electron chi connectivity index (χ4n) is 2.03. The number of rotatable bonds is 8. The molecule has 0 spiro atoms. The molecule has 0 aliphatic rings. The van der Waals surface area contributed by atoms with Gasteiger partial charge in [0.25, 0.3) is 0 Å². The lowest BCUT2D eigenvalue weighted by Gasteiger charge is -2.20. The lowest BCUT2D eigenvalue weighted by molar-refractivity contribution is -0.152. The maximum absolute atomic E-state index is 12.1. The predicted octanol–water partition coefficient (Wildman–Crippen LogP) is 3.47. The van der Waals surface area contributed by atoms with Crippen molar-refractivity contribution in [1.82, 2.24) is 10.3 Å². The van der Waals surface area contributed by atoms with Crippen molar-refractivity contribution in [1.29, 1.82) is 0 Å². The Kier molecular flexibility index (Phi) is 8.68. The first-order valence-corrected chi connectivity index (χ1v) is 9.61. The number of alkyl carbamates (subject to hydrolysis) is 1. The number of aromatic nitrogens is 1. The van der Waals surface area contributed by atoms with E-state index in [1.54, 1.807) is 26.2 Å². The molecule has 8 nitrogen and oxygen atoms in total. The Labute approximate surface area is 163 Å². The average molecular weight is 400 g/mol. The van der Waals surface area contributed by atoms with Crippen molar-refractivity contribution in [3.8, 4) is 0 Å². The molecule has 1 amide bonds. The van der Waals surface area contributed by atoms with Crippen molar-refractivity contribution in [2.24, 2.45) is 5.92 Å². The molecule has 1 aromatic heterocycles. The molecule has 0 fully saturated rings. The fraction of sp³-hybridized carbons (Fsp3) is 0.667. The summed E-state index contributed by atoms with van der Waals surface area (Å²) in [5.74, 6) is -0.931. The van der Waals surface area contributed by atoms with E-state index in [2.05, 4.69) is 15.0 Å². The van der Waals surface area contributed by atoms with Gasteiger partial charge in [-0.15, -0.1) is 11.3 Å². The second-order valence-corrected chi connectivity index (χ2v) is 8.14. The van der Waals surface area contributed by atoms with Crippen LogP contribution in [0.25, 0.3) is 0 Å². The summed E-state index contributed by atoms with van der Waals surface area (Å²) in [6.45, 7) is 9.45. The minimum atomic E-state index is -0.565. The summed E-state index contributed by atoms with van der Waals surface area (Å²) >= 11 is 1.25. The van der Waals surface area contributed by atoms with Gasteiger partial charge in [0.2, 0.25) is 0 Å². The number of thiazole rings is 1. The summed E-state index contributed by atoms with van der Waals surface area (Å²) in [4.78, 5) is 39.4. The van der Waals surface area contributed by atoms with E-state index in [0.717, 1.165) is 0 Å². The molecule has 1 unspecified atom stereocenters. The molecule has 1 heterocycles. The molecule has 1 atom stereocenters. The van der Waals surface area contributed by atoms with E-state index >= 15 is 0 Å². The lowest BCUT2D eigenvalue weighted by atomic mass is 10.1. The molecule has 0 saturated carbocycles. The largest absolute Gasteiger partial charge is 0.464 e. The van der Waals surface area contributed by atoms with Crippen molar-refractivity contribution in [3.63, 3.8) is 0 Å². The van der Waals surface area contributed by atoms with Gasteiger partial charge in [0.05, 0.1) is 7.11 Å². The van der Waals surface area contributed by atoms with Gasteiger partial charge in [0.1, 0.15) is 10.6 Å². The third kappa shape index (κ3) is 8.38. The normalized spacial score (nSPS) is 12.4. The minimum absolute atomic E-state index is 0.00881. The van der Waals surface area contributed by atoms with Crippen LogP contribution in [0, 0.1) is 5.92 Å². The number of carbonyl (C=O) groups excluding carboxylic acids is 3. The van der Waals surface area contributed by atoms with Gasteiger partial charge in [0.15, 0.2) is 11.8 Å². The van der Waals surface area contributed by atoms with Gasteiger partial charge in [-0.2, -0.15) is 0 Å². The minimum Gasteiger partial charge on any atom is -0.464 e. The van der Waals surface area contributed by atoms with Crippen LogP contribution in [0.3, 0.4) is 0 Å². The number of ether oxygens (including phenoxy) is 3. The van der Waals surface area contributed by atoms with Crippen LogP contribution >= 0.6 is 11.3 Å². The van der Waals surface area contributed by atoms with Gasteiger partial charge in [-0.3, -0.25) is 4.79 Å². The topological polar surface area (TPSA) is 104 Å². The first-order chi connectivity index (χ1) is 12.5. The highest BCUT2D eigenvalue weighted by atomic mass is 32.1. The van der Waals surface area contributed by atoms with E-state index in [-0.39, 0.29) is 18.0 Å². The van der Waals surface area contributed by atoms with Gasteiger partial charge in [-0.1, -0.05) is 13.8 Å². The molecule has 27 heavy (non-hydrogen) atoms. The van der Waals surface area contributed by atoms with Gasteiger partial charge in [-0.05, 0) is 33.1 Å². The zero-order chi connectivity index (χ0) is 20.6. The number of amides is 1. The van der Waals surface area contributed by atoms with Crippen molar-refractivity contribution < 1.29 is 28.6 Å². The summed E-state index contributed by atoms with van der Waals surface area (Å²) in [6.07, 6.45) is -0.489. The highest BCUT2D eigenvalue weighted by molar-refractivity contribution is 7.09. The fourth-order valence-corrected chi connectivity index (χ4v) is 3.01. The number of nitrogens with one attached hydrogen (secondary N) is 1. The standard InChI is InChI=1S/C18H28N2O6S/c1-11(2)14(15-20-12(10-27-15)16(22)24-6)25-13(21)8-7-9-19-17(23)26-18(3,4)5/h10-11,14H,7-9H2,1-6H3,(H,19,23). The Hall–Kier alpha value is -2.16. The van der Waals surface area contributed by atoms with E-state index in [4.69, 9.17) is 9.47 Å². The molecule has 1 N–H and O–H groups in total. The first kappa shape index (κ1) is 22.9. The van der Waals surface area contributed by atoms with E-state index in [9.17, 15) is 14.4 Å². The smallest absolute Gasteiger partial charge is 0.407 e. The molecular formula is C18H28N2O6S. The van der Waals surface area contributed by atoms with Crippen LogP contribution in [-0.2, 0) is 19.0 Å². The van der Waals surface area contributed by atoms with E-state index < -0.39 is 29.7 Å². The molecule has 0 aliphatic carbocycles. The van der Waals surface area contributed by atoms with E-state index in [1.165, 1.54) is 18.4 Å². The molecule has 1 rings (SSSR count). The van der Waals surface area contributed by atoms with E-state index in [1.807, 2.05) is 13.8 Å². The SMILES string of the molecule is COC(=O)c1csc(C(OC(=O)CCCNC(=O)OC(C)(C)C)C(C)C)n1. The second kappa shape index (κ2) is 10.2. The van der Waals surface area contributed by atoms with Crippen molar-refractivity contribution in [2.75, 3.05) is 13.7 Å². The highest BCUT2D eigenvalue weighted by Crippen LogP contribution is 2.29. The maximum atomic E-state index is 12.1. The van der Waals surface area contributed by atoms with Gasteiger partial charge < -0.3 is 19.5 Å². The first-order valence-electron chi connectivity index (χ1n) is 8.73. The number of carbonyl (C=O) groups is 3. The summed E-state index contributed by atoms with van der Waals surface area (Å²) in [7, 11) is 1.28. The number of hydrogen-bond acceptors (Lipinski definition) is 8. The third-order valence-corrected chi connectivity index (χ3v) is 4.16. The van der Waals surface area contributed by atoms with E-state index in [0.29, 0.717) is 18.0 Å². The summed E-state index contributed by atoms with van der Waals surface area (Å²) < 4.78 is 15.3. The summed E-state index contributed by atoms with van der Waals surface area (Å²) in [5.41, 5.74) is -0.370. The molecule has 152 valence electrons. The molecule has 9 heteroatoms. The monoisotopic (exact) mass is 400 g/mol. The predicted molar refractivity (Wildman–Crippen MR) is 101 cm³/mol. The zero-order valence-corrected chi connectivity index (χ0v) is 17.5. The maximum Gasteiger partial charge on any atom is 0.407 e. The number of hydrogen-bond donors (Lipinski definition) is 1. The van der Waals surface area contributed by atoms with Crippen LogP contribution in [-0.4, -0.2) is 42.3 Å². The molecule has 0 aromatic carbocycles. The van der Waals surface area contributed by atoms with Crippen LogP contribution in [0.2, 0.25) is 0 Å². The third-order valence-electron chi connectivity index (χ3n) is 3.25. The van der Waals surface area contributed by atoms with Crippen molar-refractivity contribution in [2.45, 2.75) is 59.2 Å². The molecule has 1 aromatic rings. The van der Waals surface area contributed by atoms with Crippen molar-refractivity contribution in [3.05, 3.63) is 16.1 Å². The summed E-state index contributed by atoms with van der Waals surface area (Å²) in [6, 6.07) is 0. The number of esters is 2. The molecular weight excluding hydrogens is 372 g/mol. The van der Waals surface area contributed by atoms with Gasteiger partial charge in [0, 0.05) is 18.3 Å². The summed E-state index contributed by atoms with van der Waals surface area (Å²) in [5, 5.41) is 4.72. The number of methoxy groups -OCH3 is 1. The Morgan fingerprint density at radius 2 is 1.93 bits per heavy atom. The average Bonchev–Trinajstić information content (AvgIpc) is 3.03.